The van der Waals surface area contributed by atoms with Crippen LogP contribution in [0.1, 0.15) is 26.2 Å². The maximum Gasteiger partial charge on any atom is 0.152 e. The minimum atomic E-state index is 0.152. The van der Waals surface area contributed by atoms with E-state index < -0.39 is 0 Å². The third-order valence-electron chi connectivity index (χ3n) is 1.91. The first-order valence-corrected chi connectivity index (χ1v) is 4.13. The molecule has 0 saturated heterocycles. The molecule has 1 aliphatic carbocycles. The summed E-state index contributed by atoms with van der Waals surface area (Å²) in [6.45, 7) is 1.59. The van der Waals surface area contributed by atoms with E-state index in [1.165, 1.54) is 6.42 Å². The van der Waals surface area contributed by atoms with Crippen LogP contribution in [0.3, 0.4) is 0 Å². The van der Waals surface area contributed by atoms with E-state index in [4.69, 9.17) is 0 Å². The predicted octanol–water partition coefficient (Wildman–Crippen LogP) is 2.49. The Morgan fingerprint density at radius 3 is 2.91 bits per heavy atom. The number of ketones is 1. The van der Waals surface area contributed by atoms with Gasteiger partial charge in [0.15, 0.2) is 5.78 Å². The van der Waals surface area contributed by atoms with E-state index in [0.29, 0.717) is 5.92 Å². The lowest BCUT2D eigenvalue weighted by Gasteiger charge is -2.12. The SMILES string of the molecule is CC(=O)/C=C\[C@H]1CC=CCC1. The van der Waals surface area contributed by atoms with Crippen molar-refractivity contribution < 1.29 is 4.79 Å². The molecule has 0 aromatic rings. The van der Waals surface area contributed by atoms with Crippen molar-refractivity contribution >= 4 is 5.78 Å². The van der Waals surface area contributed by atoms with Gasteiger partial charge in [0.05, 0.1) is 0 Å². The topological polar surface area (TPSA) is 17.1 Å². The zero-order chi connectivity index (χ0) is 8.10. The van der Waals surface area contributed by atoms with Gasteiger partial charge in [-0.15, -0.1) is 0 Å². The highest BCUT2D eigenvalue weighted by Crippen LogP contribution is 2.18. The van der Waals surface area contributed by atoms with E-state index in [-0.39, 0.29) is 5.78 Å². The lowest BCUT2D eigenvalue weighted by Crippen LogP contribution is -1.98. The molecular formula is C10H14O. The van der Waals surface area contributed by atoms with Crippen LogP contribution in [0.2, 0.25) is 0 Å². The van der Waals surface area contributed by atoms with Gasteiger partial charge in [-0.3, -0.25) is 4.79 Å². The van der Waals surface area contributed by atoms with Gasteiger partial charge in [-0.05, 0) is 38.2 Å². The number of hydrogen-bond donors (Lipinski definition) is 0. The molecule has 0 amide bonds. The molecule has 1 aliphatic rings. The molecule has 0 bridgehead atoms. The van der Waals surface area contributed by atoms with Crippen molar-refractivity contribution in [3.63, 3.8) is 0 Å². The molecule has 11 heavy (non-hydrogen) atoms. The maximum absolute atomic E-state index is 10.6. The zero-order valence-electron chi connectivity index (χ0n) is 6.92. The summed E-state index contributed by atoms with van der Waals surface area (Å²) in [5.74, 6) is 0.753. The summed E-state index contributed by atoms with van der Waals surface area (Å²) in [4.78, 5) is 10.6. The third-order valence-corrected chi connectivity index (χ3v) is 1.91. The maximum atomic E-state index is 10.6. The Labute approximate surface area is 67.8 Å². The van der Waals surface area contributed by atoms with Crippen LogP contribution in [0.25, 0.3) is 0 Å². The third kappa shape index (κ3) is 3.17. The van der Waals surface area contributed by atoms with Gasteiger partial charge in [0.1, 0.15) is 0 Å². The number of rotatable bonds is 2. The van der Waals surface area contributed by atoms with Crippen LogP contribution >= 0.6 is 0 Å². The zero-order valence-corrected chi connectivity index (χ0v) is 6.92. The summed E-state index contributed by atoms with van der Waals surface area (Å²) in [5, 5.41) is 0. The van der Waals surface area contributed by atoms with Crippen LogP contribution in [0.4, 0.5) is 0 Å². The Kier molecular flexibility index (Phi) is 3.09. The van der Waals surface area contributed by atoms with Crippen LogP contribution < -0.4 is 0 Å². The van der Waals surface area contributed by atoms with Gasteiger partial charge < -0.3 is 0 Å². The monoisotopic (exact) mass is 150 g/mol. The Balaban J connectivity index is 2.37. The Morgan fingerprint density at radius 1 is 1.55 bits per heavy atom. The summed E-state index contributed by atoms with van der Waals surface area (Å²) >= 11 is 0. The minimum absolute atomic E-state index is 0.152. The second-order valence-corrected chi connectivity index (χ2v) is 3.01. The van der Waals surface area contributed by atoms with Crippen LogP contribution in [-0.2, 0) is 4.79 Å². The van der Waals surface area contributed by atoms with E-state index >= 15 is 0 Å². The Bertz CT molecular complexity index is 189. The van der Waals surface area contributed by atoms with E-state index in [9.17, 15) is 4.79 Å². The average Bonchev–Trinajstić information content (AvgIpc) is 2.03. The highest BCUT2D eigenvalue weighted by molar-refractivity contribution is 5.87. The fourth-order valence-electron chi connectivity index (χ4n) is 1.26. The molecule has 0 N–H and O–H groups in total. The van der Waals surface area contributed by atoms with Gasteiger partial charge in [0.2, 0.25) is 0 Å². The van der Waals surface area contributed by atoms with Crippen LogP contribution in [0.5, 0.6) is 0 Å². The molecule has 0 fully saturated rings. The minimum Gasteiger partial charge on any atom is -0.295 e. The highest BCUT2D eigenvalue weighted by Gasteiger charge is 2.04. The molecule has 0 radical (unpaired) electrons. The molecule has 0 unspecified atom stereocenters. The lowest BCUT2D eigenvalue weighted by atomic mass is 9.94. The molecule has 0 saturated carbocycles. The first-order chi connectivity index (χ1) is 5.29. The normalized spacial score (nSPS) is 24.3. The fraction of sp³-hybridized carbons (Fsp3) is 0.500. The van der Waals surface area contributed by atoms with Crippen molar-refractivity contribution in [2.45, 2.75) is 26.2 Å². The first-order valence-electron chi connectivity index (χ1n) is 4.13. The lowest BCUT2D eigenvalue weighted by molar-refractivity contribution is -0.112. The first kappa shape index (κ1) is 8.25. The summed E-state index contributed by atoms with van der Waals surface area (Å²) < 4.78 is 0. The van der Waals surface area contributed by atoms with Crippen molar-refractivity contribution in [3.05, 3.63) is 24.3 Å². The van der Waals surface area contributed by atoms with E-state index in [1.54, 1.807) is 13.0 Å². The van der Waals surface area contributed by atoms with Gasteiger partial charge in [0, 0.05) is 0 Å². The Hall–Kier alpha value is -0.850. The molecule has 1 nitrogen and oxygen atoms in total. The average molecular weight is 150 g/mol. The van der Waals surface area contributed by atoms with Crippen LogP contribution in [-0.4, -0.2) is 5.78 Å². The van der Waals surface area contributed by atoms with Crippen molar-refractivity contribution in [2.75, 3.05) is 0 Å². The predicted molar refractivity (Wildman–Crippen MR) is 46.3 cm³/mol. The summed E-state index contributed by atoms with van der Waals surface area (Å²) in [6.07, 6.45) is 11.6. The quantitative estimate of drug-likeness (QED) is 0.436. The smallest absolute Gasteiger partial charge is 0.152 e. The van der Waals surface area contributed by atoms with E-state index in [0.717, 1.165) is 12.8 Å². The molecule has 0 aromatic heterocycles. The van der Waals surface area contributed by atoms with E-state index in [1.807, 2.05) is 6.08 Å². The van der Waals surface area contributed by atoms with Gasteiger partial charge >= 0.3 is 0 Å². The summed E-state index contributed by atoms with van der Waals surface area (Å²) in [5.41, 5.74) is 0. The molecule has 1 atom stereocenters. The summed E-state index contributed by atoms with van der Waals surface area (Å²) in [7, 11) is 0. The molecule has 60 valence electrons. The number of carbonyl (C=O) groups excluding carboxylic acids is 1. The number of allylic oxidation sites excluding steroid dienone is 4. The molecular weight excluding hydrogens is 136 g/mol. The van der Waals surface area contributed by atoms with E-state index in [2.05, 4.69) is 12.2 Å². The number of carbonyl (C=O) groups is 1. The molecule has 1 heteroatoms. The fourth-order valence-corrected chi connectivity index (χ4v) is 1.26. The Morgan fingerprint density at radius 2 is 2.36 bits per heavy atom. The van der Waals surface area contributed by atoms with Crippen LogP contribution in [0.15, 0.2) is 24.3 Å². The van der Waals surface area contributed by atoms with Crippen LogP contribution in [0, 0.1) is 5.92 Å². The highest BCUT2D eigenvalue weighted by atomic mass is 16.1. The number of hydrogen-bond acceptors (Lipinski definition) is 1. The molecule has 0 heterocycles. The van der Waals surface area contributed by atoms with Gasteiger partial charge in [0.25, 0.3) is 0 Å². The standard InChI is InChI=1S/C10H14O/c1-9(11)7-8-10-5-3-2-4-6-10/h2-3,7-8,10H,4-6H2,1H3/b8-7-/t10-/m0/s1. The van der Waals surface area contributed by atoms with Crippen molar-refractivity contribution in [3.8, 4) is 0 Å². The largest absolute Gasteiger partial charge is 0.295 e. The second-order valence-electron chi connectivity index (χ2n) is 3.01. The summed E-state index contributed by atoms with van der Waals surface area (Å²) in [6, 6.07) is 0. The van der Waals surface area contributed by atoms with Crippen molar-refractivity contribution in [1.82, 2.24) is 0 Å². The second kappa shape index (κ2) is 4.12. The van der Waals surface area contributed by atoms with Crippen molar-refractivity contribution in [1.29, 1.82) is 0 Å². The molecule has 1 rings (SSSR count). The van der Waals surface area contributed by atoms with Gasteiger partial charge in [-0.25, -0.2) is 0 Å². The molecule has 0 aromatic carbocycles. The molecule has 0 aliphatic heterocycles. The molecule has 0 spiro atoms. The van der Waals surface area contributed by atoms with Gasteiger partial charge in [-0.1, -0.05) is 18.2 Å². The van der Waals surface area contributed by atoms with Crippen molar-refractivity contribution in [2.24, 2.45) is 5.92 Å². The van der Waals surface area contributed by atoms with Gasteiger partial charge in [-0.2, -0.15) is 0 Å².